The van der Waals surface area contributed by atoms with Crippen molar-refractivity contribution >= 4 is 43.6 Å². The zero-order valence-corrected chi connectivity index (χ0v) is 26.5. The van der Waals surface area contributed by atoms with Gasteiger partial charge in [-0.1, -0.05) is 97.1 Å². The molecule has 4 nitrogen and oxygen atoms in total. The van der Waals surface area contributed by atoms with Gasteiger partial charge in [-0.3, -0.25) is 0 Å². The zero-order valence-electron chi connectivity index (χ0n) is 26.5. The minimum Gasteiger partial charge on any atom is -0.309 e. The first-order chi connectivity index (χ1) is 24.2. The summed E-state index contributed by atoms with van der Waals surface area (Å²) in [4.78, 5) is 0. The smallest absolute Gasteiger partial charge is 0.0991 e. The first-order valence-corrected chi connectivity index (χ1v) is 16.4. The van der Waals surface area contributed by atoms with Crippen molar-refractivity contribution in [3.8, 4) is 34.6 Å². The summed E-state index contributed by atoms with van der Waals surface area (Å²) >= 11 is 0. The molecular weight excluding hydrogens is 597 g/mol. The molecule has 9 rings (SSSR count). The fourth-order valence-electron chi connectivity index (χ4n) is 7.48. The predicted molar refractivity (Wildman–Crippen MR) is 199 cm³/mol. The number of nitrogens with zero attached hydrogens (tertiary/aromatic N) is 4. The van der Waals surface area contributed by atoms with E-state index in [-0.39, 0.29) is 0 Å². The molecule has 2 aromatic heterocycles. The molecule has 4 heteroatoms. The van der Waals surface area contributed by atoms with E-state index in [1.807, 2.05) is 36.4 Å². The topological polar surface area (TPSA) is 57.4 Å². The van der Waals surface area contributed by atoms with Crippen LogP contribution < -0.4 is 0 Å². The molecule has 0 atom stereocenters. The highest BCUT2D eigenvalue weighted by Gasteiger charge is 2.19. The Morgan fingerprint density at radius 1 is 0.449 bits per heavy atom. The molecule has 7 aromatic carbocycles. The fraction of sp³-hybridized carbons (Fsp3) is 0.0222. The number of hydrogen-bond donors (Lipinski definition) is 0. The summed E-state index contributed by atoms with van der Waals surface area (Å²) in [6, 6.07) is 59.5. The van der Waals surface area contributed by atoms with Crippen LogP contribution in [0.15, 0.2) is 158 Å². The van der Waals surface area contributed by atoms with Crippen molar-refractivity contribution in [3.05, 3.63) is 180 Å². The first kappa shape index (κ1) is 28.4. The Morgan fingerprint density at radius 3 is 1.65 bits per heavy atom. The Labute approximate surface area is 283 Å². The van der Waals surface area contributed by atoms with Crippen LogP contribution in [-0.2, 0) is 6.42 Å². The van der Waals surface area contributed by atoms with Crippen LogP contribution in [0.5, 0.6) is 0 Å². The standard InChI is InChI=1S/C45H28N4/c46-28-31-20-22-43-39(26-31)40-27-32(29-47)21-23-44(40)48(43)35-14-8-10-30(25-35)24-34-13-9-17-36(33-11-2-1-3-12-33)45(34)49-41-18-6-4-15-37(41)38-16-5-7-19-42(38)49/h1-23,25-27H,24H2. The maximum absolute atomic E-state index is 9.66. The van der Waals surface area contributed by atoms with Gasteiger partial charge in [-0.25, -0.2) is 0 Å². The van der Waals surface area contributed by atoms with Crippen LogP contribution in [0.1, 0.15) is 22.3 Å². The summed E-state index contributed by atoms with van der Waals surface area (Å²) < 4.78 is 4.68. The molecule has 228 valence electrons. The SMILES string of the molecule is N#Cc1ccc2c(c1)c1cc(C#N)ccc1n2-c1cccc(Cc2cccc(-c3ccccc3)c2-n2c3ccccc3c3ccccc32)c1. The van der Waals surface area contributed by atoms with Crippen molar-refractivity contribution in [2.45, 2.75) is 6.42 Å². The molecule has 0 saturated carbocycles. The molecule has 49 heavy (non-hydrogen) atoms. The lowest BCUT2D eigenvalue weighted by molar-refractivity contribution is 1.09. The second-order valence-electron chi connectivity index (χ2n) is 12.4. The molecule has 0 aliphatic rings. The molecule has 0 aliphatic heterocycles. The molecule has 0 aliphatic carbocycles. The summed E-state index contributed by atoms with van der Waals surface area (Å²) in [5, 5.41) is 23.7. The minimum atomic E-state index is 0.596. The van der Waals surface area contributed by atoms with Gasteiger partial charge in [0, 0.05) is 32.8 Å². The summed E-state index contributed by atoms with van der Waals surface area (Å²) in [5.41, 5.74) is 12.5. The van der Waals surface area contributed by atoms with Gasteiger partial charge in [-0.2, -0.15) is 10.5 Å². The van der Waals surface area contributed by atoms with Crippen LogP contribution in [0.2, 0.25) is 0 Å². The lowest BCUT2D eigenvalue weighted by Crippen LogP contribution is -2.04. The molecule has 0 radical (unpaired) electrons. The number of para-hydroxylation sites is 3. The molecule has 0 bridgehead atoms. The van der Waals surface area contributed by atoms with Gasteiger partial charge in [0.1, 0.15) is 0 Å². The van der Waals surface area contributed by atoms with E-state index in [1.165, 1.54) is 49.7 Å². The minimum absolute atomic E-state index is 0.596. The monoisotopic (exact) mass is 624 g/mol. The number of fused-ring (bicyclic) bond motifs is 6. The third-order valence-corrected chi connectivity index (χ3v) is 9.59. The van der Waals surface area contributed by atoms with Gasteiger partial charge in [0.2, 0.25) is 0 Å². The van der Waals surface area contributed by atoms with E-state index in [9.17, 15) is 10.5 Å². The van der Waals surface area contributed by atoms with Crippen molar-refractivity contribution < 1.29 is 0 Å². The summed E-state index contributed by atoms with van der Waals surface area (Å²) in [7, 11) is 0. The highest BCUT2D eigenvalue weighted by atomic mass is 15.0. The van der Waals surface area contributed by atoms with E-state index in [1.54, 1.807) is 0 Å². The molecule has 0 unspecified atom stereocenters. The first-order valence-electron chi connectivity index (χ1n) is 16.4. The van der Waals surface area contributed by atoms with Crippen LogP contribution in [0.3, 0.4) is 0 Å². The summed E-state index contributed by atoms with van der Waals surface area (Å²) in [5.74, 6) is 0. The van der Waals surface area contributed by atoms with Gasteiger partial charge in [0.05, 0.1) is 51.0 Å². The number of nitriles is 2. The number of aromatic nitrogens is 2. The Morgan fingerprint density at radius 2 is 1.02 bits per heavy atom. The molecule has 0 saturated heterocycles. The number of benzene rings is 7. The maximum atomic E-state index is 9.66. The highest BCUT2D eigenvalue weighted by Crippen LogP contribution is 2.39. The Hall–Kier alpha value is -6.88. The third kappa shape index (κ3) is 4.59. The molecular formula is C45H28N4. The third-order valence-electron chi connectivity index (χ3n) is 9.59. The van der Waals surface area contributed by atoms with E-state index in [0.717, 1.165) is 33.9 Å². The molecule has 9 aromatic rings. The van der Waals surface area contributed by atoms with Gasteiger partial charge >= 0.3 is 0 Å². The Balaban J connectivity index is 1.25. The fourth-order valence-corrected chi connectivity index (χ4v) is 7.48. The average Bonchev–Trinajstić information content (AvgIpc) is 3.67. The lowest BCUT2D eigenvalue weighted by Gasteiger charge is -2.19. The van der Waals surface area contributed by atoms with Gasteiger partial charge < -0.3 is 9.13 Å². The van der Waals surface area contributed by atoms with E-state index < -0.39 is 0 Å². The Bertz CT molecular complexity index is 2700. The molecule has 0 spiro atoms. The molecule has 2 heterocycles. The van der Waals surface area contributed by atoms with Gasteiger partial charge in [0.15, 0.2) is 0 Å². The van der Waals surface area contributed by atoms with Crippen molar-refractivity contribution in [2.24, 2.45) is 0 Å². The second kappa shape index (κ2) is 11.4. The Kier molecular flexibility index (Phi) is 6.61. The van der Waals surface area contributed by atoms with Crippen LogP contribution >= 0.6 is 0 Å². The van der Waals surface area contributed by atoms with E-state index in [4.69, 9.17) is 0 Å². The van der Waals surface area contributed by atoms with Crippen molar-refractivity contribution in [3.63, 3.8) is 0 Å². The van der Waals surface area contributed by atoms with E-state index in [0.29, 0.717) is 11.1 Å². The van der Waals surface area contributed by atoms with Crippen LogP contribution in [0, 0.1) is 22.7 Å². The highest BCUT2D eigenvalue weighted by molar-refractivity contribution is 6.11. The van der Waals surface area contributed by atoms with E-state index in [2.05, 4.69) is 143 Å². The molecule has 0 amide bonds. The van der Waals surface area contributed by atoms with Crippen molar-refractivity contribution in [2.75, 3.05) is 0 Å². The van der Waals surface area contributed by atoms with Crippen molar-refractivity contribution in [1.82, 2.24) is 9.13 Å². The van der Waals surface area contributed by atoms with Crippen LogP contribution in [0.4, 0.5) is 0 Å². The van der Waals surface area contributed by atoms with E-state index >= 15 is 0 Å². The van der Waals surface area contributed by atoms with Gasteiger partial charge in [-0.05, 0) is 83.8 Å². The number of hydrogen-bond acceptors (Lipinski definition) is 2. The largest absolute Gasteiger partial charge is 0.309 e. The normalized spacial score (nSPS) is 11.3. The molecule has 0 fully saturated rings. The van der Waals surface area contributed by atoms with Gasteiger partial charge in [-0.15, -0.1) is 0 Å². The van der Waals surface area contributed by atoms with Crippen molar-refractivity contribution in [1.29, 1.82) is 10.5 Å². The lowest BCUT2D eigenvalue weighted by atomic mass is 9.95. The zero-order chi connectivity index (χ0) is 32.9. The predicted octanol–water partition coefficient (Wildman–Crippen LogP) is 10.9. The quantitative estimate of drug-likeness (QED) is 0.191. The second-order valence-corrected chi connectivity index (χ2v) is 12.4. The van der Waals surface area contributed by atoms with Crippen LogP contribution in [0.25, 0.3) is 66.1 Å². The maximum Gasteiger partial charge on any atom is 0.0991 e. The summed E-state index contributed by atoms with van der Waals surface area (Å²) in [6.45, 7) is 0. The molecule has 0 N–H and O–H groups in total. The van der Waals surface area contributed by atoms with Crippen LogP contribution in [-0.4, -0.2) is 9.13 Å². The summed E-state index contributed by atoms with van der Waals surface area (Å²) in [6.07, 6.45) is 0.721. The average molecular weight is 625 g/mol. The number of rotatable bonds is 5. The van der Waals surface area contributed by atoms with Gasteiger partial charge in [0.25, 0.3) is 0 Å².